The predicted octanol–water partition coefficient (Wildman–Crippen LogP) is 4.30. The van der Waals surface area contributed by atoms with Gasteiger partial charge in [-0.3, -0.25) is 0 Å². The highest BCUT2D eigenvalue weighted by molar-refractivity contribution is 9.10. The van der Waals surface area contributed by atoms with E-state index in [9.17, 15) is 4.39 Å². The zero-order valence-corrected chi connectivity index (χ0v) is 12.1. The fraction of sp³-hybridized carbons (Fsp3) is 0.167. The molecule has 1 aromatic carbocycles. The first-order valence-electron chi connectivity index (χ1n) is 5.00. The Hall–Kier alpha value is -0.450. The zero-order valence-electron chi connectivity index (χ0n) is 8.83. The Kier molecular flexibility index (Phi) is 4.17. The summed E-state index contributed by atoms with van der Waals surface area (Å²) in [5.41, 5.74) is 0.625. The summed E-state index contributed by atoms with van der Waals surface area (Å²) >= 11 is 13.5. The Bertz CT molecular complexity index is 501. The number of hydrogen-bond donors (Lipinski definition) is 1. The standard InChI is InChI=1S/C12H10BrClFNS/c13-9-2-1-8(11(15)5-9)6-16-7-10(14)3-4-12(16)17/h1-5,17H,6-7H2. The maximum Gasteiger partial charge on any atom is 0.129 e. The van der Waals surface area contributed by atoms with Crippen molar-refractivity contribution in [1.82, 2.24) is 4.90 Å². The number of hydrogen-bond acceptors (Lipinski definition) is 2. The minimum atomic E-state index is -0.230. The molecule has 0 amide bonds. The summed E-state index contributed by atoms with van der Waals surface area (Å²) in [4.78, 5) is 1.91. The molecule has 0 spiro atoms. The number of benzene rings is 1. The molecule has 90 valence electrons. The predicted molar refractivity (Wildman–Crippen MR) is 75.5 cm³/mol. The lowest BCUT2D eigenvalue weighted by molar-refractivity contribution is 0.383. The van der Waals surface area contributed by atoms with Crippen molar-refractivity contribution >= 4 is 40.2 Å². The summed E-state index contributed by atoms with van der Waals surface area (Å²) in [6.07, 6.45) is 3.62. The van der Waals surface area contributed by atoms with Crippen molar-refractivity contribution in [3.05, 3.63) is 56.3 Å². The van der Waals surface area contributed by atoms with Crippen LogP contribution in [0.25, 0.3) is 0 Å². The third-order valence-corrected chi connectivity index (χ3v) is 3.63. The van der Waals surface area contributed by atoms with Crippen molar-refractivity contribution in [3.8, 4) is 0 Å². The van der Waals surface area contributed by atoms with E-state index in [2.05, 4.69) is 28.6 Å². The largest absolute Gasteiger partial charge is 0.357 e. The van der Waals surface area contributed by atoms with Gasteiger partial charge in [0.1, 0.15) is 5.82 Å². The smallest absolute Gasteiger partial charge is 0.129 e. The molecule has 0 saturated carbocycles. The lowest BCUT2D eigenvalue weighted by Gasteiger charge is -2.27. The summed E-state index contributed by atoms with van der Waals surface area (Å²) in [6.45, 7) is 1.02. The molecule has 0 aliphatic carbocycles. The van der Waals surface area contributed by atoms with Crippen molar-refractivity contribution < 1.29 is 4.39 Å². The molecular weight excluding hydrogens is 325 g/mol. The van der Waals surface area contributed by atoms with E-state index >= 15 is 0 Å². The van der Waals surface area contributed by atoms with E-state index in [-0.39, 0.29) is 5.82 Å². The van der Waals surface area contributed by atoms with E-state index in [0.717, 1.165) is 14.5 Å². The van der Waals surface area contributed by atoms with Crippen LogP contribution in [0, 0.1) is 5.82 Å². The molecule has 1 aliphatic rings. The maximum atomic E-state index is 13.7. The van der Waals surface area contributed by atoms with Crippen LogP contribution in [-0.4, -0.2) is 11.4 Å². The first-order chi connectivity index (χ1) is 8.06. The minimum Gasteiger partial charge on any atom is -0.357 e. The molecule has 0 fully saturated rings. The number of nitrogens with zero attached hydrogens (tertiary/aromatic N) is 1. The second kappa shape index (κ2) is 5.46. The van der Waals surface area contributed by atoms with E-state index in [1.807, 2.05) is 17.0 Å². The second-order valence-corrected chi connectivity index (χ2v) is 5.59. The summed E-state index contributed by atoms with van der Waals surface area (Å²) in [5, 5.41) is 1.51. The average Bonchev–Trinajstić information content (AvgIpc) is 2.27. The first-order valence-corrected chi connectivity index (χ1v) is 6.62. The number of rotatable bonds is 2. The summed E-state index contributed by atoms with van der Waals surface area (Å²) in [6, 6.07) is 5.03. The van der Waals surface area contributed by atoms with Gasteiger partial charge in [0, 0.05) is 21.6 Å². The molecule has 5 heteroatoms. The quantitative estimate of drug-likeness (QED) is 0.789. The van der Waals surface area contributed by atoms with Gasteiger partial charge < -0.3 is 4.90 Å². The van der Waals surface area contributed by atoms with E-state index in [1.54, 1.807) is 12.1 Å². The van der Waals surface area contributed by atoms with E-state index in [4.69, 9.17) is 11.6 Å². The van der Waals surface area contributed by atoms with Gasteiger partial charge in [-0.1, -0.05) is 33.6 Å². The van der Waals surface area contributed by atoms with Crippen LogP contribution in [0.15, 0.2) is 44.9 Å². The monoisotopic (exact) mass is 333 g/mol. The van der Waals surface area contributed by atoms with Gasteiger partial charge in [-0.25, -0.2) is 4.39 Å². The van der Waals surface area contributed by atoms with E-state index in [0.29, 0.717) is 18.7 Å². The second-order valence-electron chi connectivity index (χ2n) is 3.73. The summed E-state index contributed by atoms with van der Waals surface area (Å²) < 4.78 is 14.4. The molecule has 0 unspecified atom stereocenters. The number of halogens is 3. The van der Waals surface area contributed by atoms with Crippen molar-refractivity contribution in [3.63, 3.8) is 0 Å². The van der Waals surface area contributed by atoms with Crippen LogP contribution in [0.3, 0.4) is 0 Å². The molecule has 0 N–H and O–H groups in total. The molecule has 0 atom stereocenters. The summed E-state index contributed by atoms with van der Waals surface area (Å²) in [5.74, 6) is -0.230. The molecule has 2 rings (SSSR count). The lowest BCUT2D eigenvalue weighted by atomic mass is 10.2. The van der Waals surface area contributed by atoms with Crippen LogP contribution in [0.2, 0.25) is 0 Å². The van der Waals surface area contributed by atoms with Crippen LogP contribution in [0.5, 0.6) is 0 Å². The van der Waals surface area contributed by atoms with Gasteiger partial charge in [0.2, 0.25) is 0 Å². The Morgan fingerprint density at radius 1 is 1.41 bits per heavy atom. The van der Waals surface area contributed by atoms with Crippen molar-refractivity contribution in [2.75, 3.05) is 6.54 Å². The third kappa shape index (κ3) is 3.27. The molecule has 1 heterocycles. The average molecular weight is 335 g/mol. The summed E-state index contributed by atoms with van der Waals surface area (Å²) in [7, 11) is 0. The molecule has 1 aromatic rings. The fourth-order valence-corrected chi connectivity index (χ4v) is 2.34. The number of thiol groups is 1. The third-order valence-electron chi connectivity index (χ3n) is 2.46. The molecular formula is C12H10BrClFNS. The molecule has 0 aromatic heterocycles. The normalized spacial score (nSPS) is 15.6. The zero-order chi connectivity index (χ0) is 12.4. The van der Waals surface area contributed by atoms with Gasteiger partial charge in [0.25, 0.3) is 0 Å². The molecule has 0 saturated heterocycles. The highest BCUT2D eigenvalue weighted by atomic mass is 79.9. The van der Waals surface area contributed by atoms with Crippen LogP contribution < -0.4 is 0 Å². The lowest BCUT2D eigenvalue weighted by Crippen LogP contribution is -2.24. The van der Waals surface area contributed by atoms with E-state index in [1.165, 1.54) is 6.07 Å². The molecule has 1 aliphatic heterocycles. The Morgan fingerprint density at radius 3 is 2.88 bits per heavy atom. The van der Waals surface area contributed by atoms with E-state index < -0.39 is 0 Å². The van der Waals surface area contributed by atoms with Crippen molar-refractivity contribution in [1.29, 1.82) is 0 Å². The molecule has 17 heavy (non-hydrogen) atoms. The van der Waals surface area contributed by atoms with Gasteiger partial charge >= 0.3 is 0 Å². The Labute approximate surface area is 118 Å². The fourth-order valence-electron chi connectivity index (χ4n) is 1.58. The highest BCUT2D eigenvalue weighted by Gasteiger charge is 2.14. The van der Waals surface area contributed by atoms with Crippen LogP contribution in [0.1, 0.15) is 5.56 Å². The van der Waals surface area contributed by atoms with Crippen LogP contribution >= 0.6 is 40.2 Å². The Morgan fingerprint density at radius 2 is 2.18 bits per heavy atom. The van der Waals surface area contributed by atoms with Crippen LogP contribution in [0.4, 0.5) is 4.39 Å². The van der Waals surface area contributed by atoms with Crippen LogP contribution in [-0.2, 0) is 6.54 Å². The molecule has 0 bridgehead atoms. The molecule has 0 radical (unpaired) electrons. The topological polar surface area (TPSA) is 3.24 Å². The van der Waals surface area contributed by atoms with Crippen molar-refractivity contribution in [2.45, 2.75) is 6.54 Å². The SMILES string of the molecule is Fc1cc(Br)ccc1CN1CC(Cl)=CC=C1S. The van der Waals surface area contributed by atoms with Gasteiger partial charge in [0.05, 0.1) is 11.6 Å². The van der Waals surface area contributed by atoms with Gasteiger partial charge in [-0.2, -0.15) is 0 Å². The number of allylic oxidation sites excluding steroid dienone is 2. The minimum absolute atomic E-state index is 0.230. The van der Waals surface area contributed by atoms with Gasteiger partial charge in [-0.05, 0) is 24.3 Å². The van der Waals surface area contributed by atoms with Gasteiger partial charge in [0.15, 0.2) is 0 Å². The van der Waals surface area contributed by atoms with Crippen molar-refractivity contribution in [2.24, 2.45) is 0 Å². The van der Waals surface area contributed by atoms with Gasteiger partial charge in [-0.15, -0.1) is 12.6 Å². The molecule has 1 nitrogen and oxygen atoms in total. The Balaban J connectivity index is 2.16. The first kappa shape index (κ1) is 13.0. The highest BCUT2D eigenvalue weighted by Crippen LogP contribution is 2.24. The maximum absolute atomic E-state index is 13.7.